The number of hydrogen-bond acceptors (Lipinski definition) is 4. The number of unbranched alkanes of at least 4 members (excludes halogenated alkanes) is 2. The second-order valence-electron chi connectivity index (χ2n) is 6.23. The zero-order chi connectivity index (χ0) is 15.9. The SMILES string of the molecule is CCCCCC(C)(C)CNc1cccc(C(=O)OC)c1N. The fraction of sp³-hybridized carbons (Fsp3) is 0.588. The summed E-state index contributed by atoms with van der Waals surface area (Å²) in [5.41, 5.74) is 7.90. The van der Waals surface area contributed by atoms with Crippen LogP contribution in [0.1, 0.15) is 56.8 Å². The van der Waals surface area contributed by atoms with Gasteiger partial charge in [-0.05, 0) is 24.0 Å². The maximum absolute atomic E-state index is 11.6. The van der Waals surface area contributed by atoms with Crippen molar-refractivity contribution in [1.29, 1.82) is 0 Å². The van der Waals surface area contributed by atoms with Crippen LogP contribution in [-0.2, 0) is 4.74 Å². The predicted molar refractivity (Wildman–Crippen MR) is 88.6 cm³/mol. The number of para-hydroxylation sites is 1. The van der Waals surface area contributed by atoms with E-state index in [9.17, 15) is 4.79 Å². The number of anilines is 2. The van der Waals surface area contributed by atoms with Gasteiger partial charge in [0.2, 0.25) is 0 Å². The predicted octanol–water partition coefficient (Wildman–Crippen LogP) is 4.07. The third kappa shape index (κ3) is 5.29. The highest BCUT2D eigenvalue weighted by Crippen LogP contribution is 2.28. The maximum atomic E-state index is 11.6. The molecule has 0 spiro atoms. The van der Waals surface area contributed by atoms with Crippen LogP contribution in [-0.4, -0.2) is 19.6 Å². The molecule has 1 aromatic carbocycles. The molecule has 0 bridgehead atoms. The first-order valence-corrected chi connectivity index (χ1v) is 7.62. The van der Waals surface area contributed by atoms with Crippen molar-refractivity contribution in [2.75, 3.05) is 24.7 Å². The van der Waals surface area contributed by atoms with Gasteiger partial charge in [0, 0.05) is 6.54 Å². The van der Waals surface area contributed by atoms with E-state index in [0.29, 0.717) is 11.3 Å². The number of carbonyl (C=O) groups excluding carboxylic acids is 1. The van der Waals surface area contributed by atoms with Crippen LogP contribution in [0.15, 0.2) is 18.2 Å². The summed E-state index contributed by atoms with van der Waals surface area (Å²) in [5, 5.41) is 3.37. The summed E-state index contributed by atoms with van der Waals surface area (Å²) in [6, 6.07) is 5.39. The molecule has 0 heterocycles. The Morgan fingerprint density at radius 2 is 2.05 bits per heavy atom. The fourth-order valence-corrected chi connectivity index (χ4v) is 2.28. The van der Waals surface area contributed by atoms with E-state index < -0.39 is 5.97 Å². The van der Waals surface area contributed by atoms with Gasteiger partial charge in [0.05, 0.1) is 24.0 Å². The van der Waals surface area contributed by atoms with Gasteiger partial charge in [-0.3, -0.25) is 0 Å². The molecule has 0 saturated heterocycles. The molecular weight excluding hydrogens is 264 g/mol. The molecule has 0 radical (unpaired) electrons. The lowest BCUT2D eigenvalue weighted by Crippen LogP contribution is -2.23. The lowest BCUT2D eigenvalue weighted by molar-refractivity contribution is 0.0602. The van der Waals surface area contributed by atoms with Gasteiger partial charge in [-0.15, -0.1) is 0 Å². The third-order valence-electron chi connectivity index (χ3n) is 3.73. The summed E-state index contributed by atoms with van der Waals surface area (Å²) in [4.78, 5) is 11.6. The zero-order valence-electron chi connectivity index (χ0n) is 13.7. The monoisotopic (exact) mass is 292 g/mol. The molecule has 3 N–H and O–H groups in total. The third-order valence-corrected chi connectivity index (χ3v) is 3.73. The van der Waals surface area contributed by atoms with Crippen LogP contribution in [0, 0.1) is 5.41 Å². The van der Waals surface area contributed by atoms with E-state index >= 15 is 0 Å². The van der Waals surface area contributed by atoms with Crippen molar-refractivity contribution in [2.24, 2.45) is 5.41 Å². The number of rotatable bonds is 8. The van der Waals surface area contributed by atoms with Crippen LogP contribution < -0.4 is 11.1 Å². The first-order chi connectivity index (χ1) is 9.91. The minimum atomic E-state index is -0.404. The Labute approximate surface area is 128 Å². The van der Waals surface area contributed by atoms with Gasteiger partial charge < -0.3 is 15.8 Å². The summed E-state index contributed by atoms with van der Waals surface area (Å²) in [5.74, 6) is -0.404. The summed E-state index contributed by atoms with van der Waals surface area (Å²) in [7, 11) is 1.36. The van der Waals surface area contributed by atoms with Crippen molar-refractivity contribution < 1.29 is 9.53 Å². The van der Waals surface area contributed by atoms with Crippen LogP contribution in [0.4, 0.5) is 11.4 Å². The van der Waals surface area contributed by atoms with Crippen LogP contribution >= 0.6 is 0 Å². The molecule has 1 aromatic rings. The van der Waals surface area contributed by atoms with Crippen LogP contribution in [0.25, 0.3) is 0 Å². The lowest BCUT2D eigenvalue weighted by Gasteiger charge is -2.26. The van der Waals surface area contributed by atoms with Crippen LogP contribution in [0.5, 0.6) is 0 Å². The fourth-order valence-electron chi connectivity index (χ4n) is 2.28. The summed E-state index contributed by atoms with van der Waals surface area (Å²) in [6.07, 6.45) is 4.91. The van der Waals surface area contributed by atoms with Gasteiger partial charge in [0.25, 0.3) is 0 Å². The van der Waals surface area contributed by atoms with Crippen molar-refractivity contribution in [2.45, 2.75) is 46.5 Å². The summed E-state index contributed by atoms with van der Waals surface area (Å²) in [6.45, 7) is 7.53. The van der Waals surface area contributed by atoms with E-state index in [1.54, 1.807) is 6.07 Å². The molecule has 0 fully saturated rings. The molecule has 118 valence electrons. The van der Waals surface area contributed by atoms with Crippen molar-refractivity contribution in [3.05, 3.63) is 23.8 Å². The molecular formula is C17H28N2O2. The molecule has 0 aromatic heterocycles. The Bertz CT molecular complexity index is 470. The molecule has 4 heteroatoms. The van der Waals surface area contributed by atoms with Crippen LogP contribution in [0.2, 0.25) is 0 Å². The van der Waals surface area contributed by atoms with E-state index in [0.717, 1.165) is 12.2 Å². The van der Waals surface area contributed by atoms with Crippen molar-refractivity contribution in [1.82, 2.24) is 0 Å². The maximum Gasteiger partial charge on any atom is 0.340 e. The highest BCUT2D eigenvalue weighted by atomic mass is 16.5. The van der Waals surface area contributed by atoms with Gasteiger partial charge in [0.15, 0.2) is 0 Å². The Morgan fingerprint density at radius 3 is 2.67 bits per heavy atom. The number of benzene rings is 1. The van der Waals surface area contributed by atoms with Crippen LogP contribution in [0.3, 0.4) is 0 Å². The minimum Gasteiger partial charge on any atom is -0.465 e. The molecule has 0 amide bonds. The average Bonchev–Trinajstić information content (AvgIpc) is 2.45. The second-order valence-corrected chi connectivity index (χ2v) is 6.23. The van der Waals surface area contributed by atoms with Gasteiger partial charge in [0.1, 0.15) is 0 Å². The smallest absolute Gasteiger partial charge is 0.340 e. The number of methoxy groups -OCH3 is 1. The van der Waals surface area contributed by atoms with Gasteiger partial charge in [-0.25, -0.2) is 4.79 Å². The minimum absolute atomic E-state index is 0.197. The van der Waals surface area contributed by atoms with Gasteiger partial charge in [-0.2, -0.15) is 0 Å². The average molecular weight is 292 g/mol. The topological polar surface area (TPSA) is 64.3 Å². The molecule has 0 atom stereocenters. The van der Waals surface area contributed by atoms with Crippen molar-refractivity contribution >= 4 is 17.3 Å². The van der Waals surface area contributed by atoms with Crippen molar-refractivity contribution in [3.63, 3.8) is 0 Å². The highest BCUT2D eigenvalue weighted by Gasteiger charge is 2.18. The molecule has 0 aliphatic carbocycles. The lowest BCUT2D eigenvalue weighted by atomic mass is 9.87. The number of ether oxygens (including phenoxy) is 1. The normalized spacial score (nSPS) is 11.2. The number of carbonyl (C=O) groups is 1. The molecule has 1 rings (SSSR count). The molecule has 0 saturated carbocycles. The number of esters is 1. The second kappa shape index (κ2) is 7.91. The summed E-state index contributed by atoms with van der Waals surface area (Å²) >= 11 is 0. The quantitative estimate of drug-likeness (QED) is 0.430. The first kappa shape index (κ1) is 17.3. The molecule has 0 aliphatic rings. The standard InChI is InChI=1S/C17H28N2O2/c1-5-6-7-11-17(2,3)12-19-14-10-8-9-13(15(14)18)16(20)21-4/h8-10,19H,5-7,11-12,18H2,1-4H3. The number of nitrogen functional groups attached to an aromatic ring is 1. The Balaban J connectivity index is 2.69. The van der Waals surface area contributed by atoms with E-state index in [1.807, 2.05) is 12.1 Å². The molecule has 4 nitrogen and oxygen atoms in total. The van der Waals surface area contributed by atoms with E-state index in [-0.39, 0.29) is 5.41 Å². The van der Waals surface area contributed by atoms with Crippen molar-refractivity contribution in [3.8, 4) is 0 Å². The largest absolute Gasteiger partial charge is 0.465 e. The highest BCUT2D eigenvalue weighted by molar-refractivity contribution is 5.98. The molecule has 0 unspecified atom stereocenters. The van der Waals surface area contributed by atoms with E-state index in [1.165, 1.54) is 32.8 Å². The zero-order valence-corrected chi connectivity index (χ0v) is 13.7. The Hall–Kier alpha value is -1.71. The van der Waals surface area contributed by atoms with E-state index in [4.69, 9.17) is 10.5 Å². The Kier molecular flexibility index (Phi) is 6.53. The number of hydrogen-bond donors (Lipinski definition) is 2. The van der Waals surface area contributed by atoms with Gasteiger partial charge in [-0.1, -0.05) is 46.1 Å². The Morgan fingerprint density at radius 1 is 1.33 bits per heavy atom. The summed E-state index contributed by atoms with van der Waals surface area (Å²) < 4.78 is 4.74. The van der Waals surface area contributed by atoms with Gasteiger partial charge >= 0.3 is 5.97 Å². The number of nitrogens with one attached hydrogen (secondary N) is 1. The molecule has 21 heavy (non-hydrogen) atoms. The first-order valence-electron chi connectivity index (χ1n) is 7.62. The molecule has 0 aliphatic heterocycles. The number of nitrogens with two attached hydrogens (primary N) is 1. The van der Waals surface area contributed by atoms with E-state index in [2.05, 4.69) is 26.1 Å².